The Bertz CT molecular complexity index is 1210. The van der Waals surface area contributed by atoms with Crippen LogP contribution in [0.3, 0.4) is 0 Å². The molecule has 0 radical (unpaired) electrons. The molecule has 1 saturated heterocycles. The van der Waals surface area contributed by atoms with Crippen molar-refractivity contribution in [1.82, 2.24) is 9.91 Å². The van der Waals surface area contributed by atoms with Crippen LogP contribution in [0.2, 0.25) is 0 Å². The van der Waals surface area contributed by atoms with Gasteiger partial charge in [0.2, 0.25) is 0 Å². The topological polar surface area (TPSA) is 97.7 Å². The second-order valence-electron chi connectivity index (χ2n) is 9.41. The zero-order valence-electron chi connectivity index (χ0n) is 21.2. The number of amides is 2. The van der Waals surface area contributed by atoms with Gasteiger partial charge in [-0.05, 0) is 57.0 Å². The number of esters is 1. The number of para-hydroxylation sites is 1. The van der Waals surface area contributed by atoms with Crippen molar-refractivity contribution in [3.05, 3.63) is 53.6 Å². The van der Waals surface area contributed by atoms with Gasteiger partial charge in [0.1, 0.15) is 5.75 Å². The molecule has 0 aliphatic carbocycles. The molecule has 36 heavy (non-hydrogen) atoms. The van der Waals surface area contributed by atoms with E-state index in [9.17, 15) is 14.4 Å². The molecule has 2 aliphatic rings. The van der Waals surface area contributed by atoms with Gasteiger partial charge >= 0.3 is 5.97 Å². The van der Waals surface area contributed by atoms with E-state index in [-0.39, 0.29) is 23.6 Å². The van der Waals surface area contributed by atoms with Gasteiger partial charge in [0.15, 0.2) is 11.5 Å². The van der Waals surface area contributed by atoms with Gasteiger partial charge in [-0.3, -0.25) is 14.4 Å². The van der Waals surface area contributed by atoms with E-state index < -0.39 is 11.4 Å². The number of likely N-dealkylation sites (tertiary alicyclic amines) is 1. The maximum absolute atomic E-state index is 13.4. The predicted octanol–water partition coefficient (Wildman–Crippen LogP) is 3.51. The first kappa shape index (κ1) is 25.2. The van der Waals surface area contributed by atoms with Crippen LogP contribution in [0.1, 0.15) is 49.5 Å². The van der Waals surface area contributed by atoms with Crippen molar-refractivity contribution in [2.45, 2.75) is 39.7 Å². The number of hydrogen-bond acceptors (Lipinski definition) is 7. The number of hydrazone groups is 1. The number of nitrogens with zero attached hydrogens (tertiary/aromatic N) is 3. The zero-order chi connectivity index (χ0) is 26.0. The molecule has 2 aromatic carbocycles. The van der Waals surface area contributed by atoms with Gasteiger partial charge in [-0.1, -0.05) is 12.1 Å². The van der Waals surface area contributed by atoms with E-state index in [1.807, 2.05) is 26.0 Å². The average Bonchev–Trinajstić information content (AvgIpc) is 3.12. The molecule has 190 valence electrons. The Morgan fingerprint density at radius 3 is 2.28 bits per heavy atom. The van der Waals surface area contributed by atoms with Crippen molar-refractivity contribution >= 4 is 23.5 Å². The minimum atomic E-state index is -0.810. The Hall–Kier alpha value is -3.88. The van der Waals surface area contributed by atoms with Gasteiger partial charge in [0.05, 0.1) is 37.0 Å². The summed E-state index contributed by atoms with van der Waals surface area (Å²) in [6.45, 7) is 5.97. The number of ether oxygens (including phenoxy) is 3. The van der Waals surface area contributed by atoms with Gasteiger partial charge in [0.25, 0.3) is 11.8 Å². The van der Waals surface area contributed by atoms with Crippen LogP contribution in [0.5, 0.6) is 17.2 Å². The highest BCUT2D eigenvalue weighted by atomic mass is 16.5. The molecule has 0 atom stereocenters. The van der Waals surface area contributed by atoms with Gasteiger partial charge in [0, 0.05) is 25.6 Å². The fraction of sp³-hybridized carbons (Fsp3) is 0.407. The molecule has 0 unspecified atom stereocenters. The molecule has 9 heteroatoms. The monoisotopic (exact) mass is 493 g/mol. The highest BCUT2D eigenvalue weighted by molar-refractivity contribution is 6.19. The molecular formula is C27H31N3O6. The summed E-state index contributed by atoms with van der Waals surface area (Å²) < 4.78 is 16.0. The summed E-state index contributed by atoms with van der Waals surface area (Å²) in [5.41, 5.74) is 0.999. The SMILES string of the molecule is COc1ccc(C2=NN(C3CCN(C(=O)c4ccccc4OC(C)=O)CC3)C(=O)C2(C)C)cc1OC. The Morgan fingerprint density at radius 2 is 1.64 bits per heavy atom. The average molecular weight is 494 g/mol. The third-order valence-electron chi connectivity index (χ3n) is 6.67. The van der Waals surface area contributed by atoms with Gasteiger partial charge in [-0.2, -0.15) is 5.10 Å². The van der Waals surface area contributed by atoms with E-state index in [4.69, 9.17) is 19.3 Å². The molecular weight excluding hydrogens is 462 g/mol. The van der Waals surface area contributed by atoms with Crippen molar-refractivity contribution in [3.63, 3.8) is 0 Å². The lowest BCUT2D eigenvalue weighted by molar-refractivity contribution is -0.138. The number of hydrogen-bond donors (Lipinski definition) is 0. The smallest absolute Gasteiger partial charge is 0.308 e. The molecule has 0 spiro atoms. The summed E-state index contributed by atoms with van der Waals surface area (Å²) in [6.07, 6.45) is 1.18. The quantitative estimate of drug-likeness (QED) is 0.451. The van der Waals surface area contributed by atoms with Crippen molar-refractivity contribution < 1.29 is 28.6 Å². The van der Waals surface area contributed by atoms with E-state index in [1.165, 1.54) is 6.92 Å². The molecule has 2 aromatic rings. The van der Waals surface area contributed by atoms with Crippen molar-refractivity contribution in [2.75, 3.05) is 27.3 Å². The number of carbonyl (C=O) groups excluding carboxylic acids is 3. The van der Waals surface area contributed by atoms with Crippen LogP contribution >= 0.6 is 0 Å². The van der Waals surface area contributed by atoms with Crippen LogP contribution in [0.4, 0.5) is 0 Å². The second-order valence-corrected chi connectivity index (χ2v) is 9.41. The summed E-state index contributed by atoms with van der Waals surface area (Å²) in [4.78, 5) is 39.7. The number of piperidine rings is 1. The number of carbonyl (C=O) groups is 3. The Morgan fingerprint density at radius 1 is 0.972 bits per heavy atom. The minimum Gasteiger partial charge on any atom is -0.493 e. The normalized spacial score (nSPS) is 17.6. The molecule has 0 saturated carbocycles. The number of benzene rings is 2. The molecule has 4 rings (SSSR count). The van der Waals surface area contributed by atoms with E-state index in [0.29, 0.717) is 48.7 Å². The van der Waals surface area contributed by atoms with Crippen LogP contribution in [0.15, 0.2) is 47.6 Å². The van der Waals surface area contributed by atoms with E-state index >= 15 is 0 Å². The second kappa shape index (κ2) is 10.0. The lowest BCUT2D eigenvalue weighted by atomic mass is 9.83. The Kier molecular flexibility index (Phi) is 7.01. The first-order valence-electron chi connectivity index (χ1n) is 11.9. The largest absolute Gasteiger partial charge is 0.493 e. The Balaban J connectivity index is 1.50. The lowest BCUT2D eigenvalue weighted by Gasteiger charge is -2.35. The standard InChI is InChI=1S/C27H31N3O6/c1-17(31)36-21-9-7-6-8-20(21)25(32)29-14-12-19(13-15-29)30-26(33)27(2,3)24(28-30)18-10-11-22(34-4)23(16-18)35-5/h6-11,16,19H,12-15H2,1-5H3. The van der Waals surface area contributed by atoms with Crippen LogP contribution in [-0.4, -0.2) is 66.8 Å². The first-order valence-corrected chi connectivity index (χ1v) is 11.9. The summed E-state index contributed by atoms with van der Waals surface area (Å²) in [5.74, 6) is 0.670. The van der Waals surface area contributed by atoms with Crippen molar-refractivity contribution in [2.24, 2.45) is 10.5 Å². The molecule has 0 bridgehead atoms. The zero-order valence-corrected chi connectivity index (χ0v) is 21.2. The molecule has 2 heterocycles. The third kappa shape index (κ3) is 4.65. The third-order valence-corrected chi connectivity index (χ3v) is 6.67. The molecule has 2 amide bonds. The van der Waals surface area contributed by atoms with Gasteiger partial charge in [-0.15, -0.1) is 0 Å². The number of rotatable bonds is 6. The van der Waals surface area contributed by atoms with E-state index in [0.717, 1.165) is 5.56 Å². The summed E-state index contributed by atoms with van der Waals surface area (Å²) in [7, 11) is 3.15. The van der Waals surface area contributed by atoms with E-state index in [2.05, 4.69) is 0 Å². The van der Waals surface area contributed by atoms with Crippen molar-refractivity contribution in [1.29, 1.82) is 0 Å². The number of methoxy groups -OCH3 is 2. The van der Waals surface area contributed by atoms with Crippen LogP contribution in [0.25, 0.3) is 0 Å². The highest BCUT2D eigenvalue weighted by Gasteiger charge is 2.47. The molecule has 9 nitrogen and oxygen atoms in total. The maximum atomic E-state index is 13.4. The maximum Gasteiger partial charge on any atom is 0.308 e. The first-order chi connectivity index (χ1) is 17.2. The summed E-state index contributed by atoms with van der Waals surface area (Å²) in [6, 6.07) is 12.1. The predicted molar refractivity (Wildman–Crippen MR) is 133 cm³/mol. The van der Waals surface area contributed by atoms with Crippen LogP contribution < -0.4 is 14.2 Å². The van der Waals surface area contributed by atoms with Crippen LogP contribution in [-0.2, 0) is 9.59 Å². The summed E-state index contributed by atoms with van der Waals surface area (Å²) in [5, 5.41) is 6.35. The summed E-state index contributed by atoms with van der Waals surface area (Å²) >= 11 is 0. The van der Waals surface area contributed by atoms with E-state index in [1.54, 1.807) is 54.5 Å². The minimum absolute atomic E-state index is 0.0720. The molecule has 0 aromatic heterocycles. The fourth-order valence-electron chi connectivity index (χ4n) is 4.69. The molecule has 2 aliphatic heterocycles. The van der Waals surface area contributed by atoms with Crippen molar-refractivity contribution in [3.8, 4) is 17.2 Å². The lowest BCUT2D eigenvalue weighted by Crippen LogP contribution is -2.47. The molecule has 0 N–H and O–H groups in total. The fourth-order valence-corrected chi connectivity index (χ4v) is 4.69. The van der Waals surface area contributed by atoms with Crippen LogP contribution in [0, 0.1) is 5.41 Å². The van der Waals surface area contributed by atoms with Gasteiger partial charge in [-0.25, -0.2) is 5.01 Å². The highest BCUT2D eigenvalue weighted by Crippen LogP contribution is 2.37. The Labute approximate surface area is 210 Å². The van der Waals surface area contributed by atoms with Gasteiger partial charge < -0.3 is 19.1 Å². The molecule has 1 fully saturated rings.